The zero-order chi connectivity index (χ0) is 16.8. The van der Waals surface area contributed by atoms with E-state index in [0.29, 0.717) is 11.3 Å². The summed E-state index contributed by atoms with van der Waals surface area (Å²) < 4.78 is 42.3. The molecule has 6 heteroatoms. The Morgan fingerprint density at radius 1 is 1.22 bits per heavy atom. The molecule has 0 fully saturated rings. The van der Waals surface area contributed by atoms with Crippen molar-refractivity contribution >= 4 is 5.69 Å². The minimum atomic E-state index is -4.39. The number of benzene rings is 1. The second kappa shape index (κ2) is 5.58. The molecule has 23 heavy (non-hydrogen) atoms. The Kier molecular flexibility index (Phi) is 3.86. The van der Waals surface area contributed by atoms with Gasteiger partial charge in [-0.15, -0.1) is 0 Å². The third kappa shape index (κ3) is 2.94. The molecule has 0 unspecified atom stereocenters. The quantitative estimate of drug-likeness (QED) is 0.823. The number of nitrogens with zero attached hydrogens (tertiary/aromatic N) is 3. The molecule has 0 N–H and O–H groups in total. The average Bonchev–Trinajstić information content (AvgIpc) is 2.90. The Labute approximate surface area is 133 Å². The first-order chi connectivity index (χ1) is 10.8. The maximum absolute atomic E-state index is 13.6. The normalized spacial score (nSPS) is 15.2. The molecule has 1 aliphatic heterocycles. The fraction of sp³-hybridized carbons (Fsp3) is 0.471. The Morgan fingerprint density at radius 3 is 2.52 bits per heavy atom. The van der Waals surface area contributed by atoms with Crippen LogP contribution in [0.15, 0.2) is 24.5 Å². The molecule has 2 aromatic rings. The van der Waals surface area contributed by atoms with Gasteiger partial charge in [-0.25, -0.2) is 0 Å². The molecule has 0 atom stereocenters. The number of fused-ring (bicyclic) bond motifs is 1. The minimum Gasteiger partial charge on any atom is -0.369 e. The lowest BCUT2D eigenvalue weighted by Gasteiger charge is -2.35. The molecule has 1 aromatic carbocycles. The summed E-state index contributed by atoms with van der Waals surface area (Å²) in [6, 6.07) is 3.19. The largest absolute Gasteiger partial charge is 0.417 e. The highest BCUT2D eigenvalue weighted by Crippen LogP contribution is 2.42. The average molecular weight is 323 g/mol. The van der Waals surface area contributed by atoms with Crippen molar-refractivity contribution in [2.75, 3.05) is 11.4 Å². The second-order valence-electron chi connectivity index (χ2n) is 6.32. The molecule has 0 saturated carbocycles. The maximum atomic E-state index is 13.6. The number of hydrogen-bond donors (Lipinski definition) is 0. The van der Waals surface area contributed by atoms with E-state index in [2.05, 4.69) is 10.00 Å². The standard InChI is InChI=1S/C17H20F3N3/c1-11(2)23-6-4-5-12-7-14(13-9-21-22(3)10-13)15(8-16(12)23)17(18,19)20/h7-11H,4-6H2,1-3H3. The van der Waals surface area contributed by atoms with Gasteiger partial charge in [-0.05, 0) is 49.9 Å². The third-order valence-corrected chi connectivity index (χ3v) is 4.32. The first-order valence-electron chi connectivity index (χ1n) is 7.77. The van der Waals surface area contributed by atoms with Crippen LogP contribution in [-0.4, -0.2) is 22.4 Å². The van der Waals surface area contributed by atoms with Crippen LogP contribution in [0.5, 0.6) is 0 Å². The van der Waals surface area contributed by atoms with E-state index < -0.39 is 11.7 Å². The fourth-order valence-corrected chi connectivity index (χ4v) is 3.23. The van der Waals surface area contributed by atoms with Gasteiger partial charge < -0.3 is 4.90 Å². The molecule has 0 aliphatic carbocycles. The molecule has 0 radical (unpaired) electrons. The highest BCUT2D eigenvalue weighted by Gasteiger charge is 2.36. The van der Waals surface area contributed by atoms with E-state index in [0.717, 1.165) is 24.9 Å². The van der Waals surface area contributed by atoms with Gasteiger partial charge in [0, 0.05) is 37.1 Å². The Hall–Kier alpha value is -1.98. The summed E-state index contributed by atoms with van der Waals surface area (Å²) in [6.45, 7) is 4.82. The smallest absolute Gasteiger partial charge is 0.369 e. The summed E-state index contributed by atoms with van der Waals surface area (Å²) in [5.41, 5.74) is 1.83. The van der Waals surface area contributed by atoms with E-state index in [9.17, 15) is 13.2 Å². The van der Waals surface area contributed by atoms with Crippen LogP contribution < -0.4 is 4.90 Å². The van der Waals surface area contributed by atoms with E-state index in [1.165, 1.54) is 16.9 Å². The van der Waals surface area contributed by atoms with Crippen LogP contribution in [-0.2, 0) is 19.6 Å². The number of hydrogen-bond acceptors (Lipinski definition) is 2. The molecule has 124 valence electrons. The molecule has 0 saturated heterocycles. The molecule has 1 aliphatic rings. The predicted octanol–water partition coefficient (Wildman–Crippen LogP) is 4.27. The maximum Gasteiger partial charge on any atom is 0.417 e. The topological polar surface area (TPSA) is 21.1 Å². The second-order valence-corrected chi connectivity index (χ2v) is 6.32. The van der Waals surface area contributed by atoms with Crippen LogP contribution in [0.4, 0.5) is 18.9 Å². The van der Waals surface area contributed by atoms with Crippen LogP contribution in [0.1, 0.15) is 31.4 Å². The lowest BCUT2D eigenvalue weighted by atomic mass is 9.92. The SMILES string of the molecule is CC(C)N1CCCc2cc(-c3cnn(C)c3)c(C(F)(F)F)cc21. The first-order valence-corrected chi connectivity index (χ1v) is 7.77. The number of halogens is 3. The van der Waals surface area contributed by atoms with Gasteiger partial charge in [-0.1, -0.05) is 0 Å². The molecular weight excluding hydrogens is 303 g/mol. The van der Waals surface area contributed by atoms with Crippen molar-refractivity contribution in [1.82, 2.24) is 9.78 Å². The van der Waals surface area contributed by atoms with Gasteiger partial charge in [0.25, 0.3) is 0 Å². The molecule has 1 aromatic heterocycles. The van der Waals surface area contributed by atoms with Crippen LogP contribution >= 0.6 is 0 Å². The van der Waals surface area contributed by atoms with Gasteiger partial charge in [0.05, 0.1) is 11.8 Å². The molecule has 0 amide bonds. The predicted molar refractivity (Wildman–Crippen MR) is 84.4 cm³/mol. The summed E-state index contributed by atoms with van der Waals surface area (Å²) in [7, 11) is 1.70. The number of alkyl halides is 3. The highest BCUT2D eigenvalue weighted by molar-refractivity contribution is 5.73. The van der Waals surface area contributed by atoms with Crippen LogP contribution in [0.2, 0.25) is 0 Å². The van der Waals surface area contributed by atoms with E-state index in [-0.39, 0.29) is 11.6 Å². The summed E-state index contributed by atoms with van der Waals surface area (Å²) >= 11 is 0. The van der Waals surface area contributed by atoms with Gasteiger partial charge in [0.1, 0.15) is 0 Å². The lowest BCUT2D eigenvalue weighted by Crippen LogP contribution is -2.35. The molecule has 3 rings (SSSR count). The van der Waals surface area contributed by atoms with Crippen molar-refractivity contribution < 1.29 is 13.2 Å². The molecule has 0 spiro atoms. The van der Waals surface area contributed by atoms with E-state index in [1.807, 2.05) is 13.8 Å². The Bertz CT molecular complexity index is 716. The lowest BCUT2D eigenvalue weighted by molar-refractivity contribution is -0.137. The monoisotopic (exact) mass is 323 g/mol. The van der Waals surface area contributed by atoms with Gasteiger partial charge in [-0.3, -0.25) is 4.68 Å². The summed E-state index contributed by atoms with van der Waals surface area (Å²) in [5, 5.41) is 4.01. The summed E-state index contributed by atoms with van der Waals surface area (Å²) in [6.07, 6.45) is 0.493. The number of rotatable bonds is 2. The van der Waals surface area contributed by atoms with Gasteiger partial charge in [0.15, 0.2) is 0 Å². The fourth-order valence-electron chi connectivity index (χ4n) is 3.23. The van der Waals surface area contributed by atoms with Crippen LogP contribution in [0, 0.1) is 0 Å². The highest BCUT2D eigenvalue weighted by atomic mass is 19.4. The van der Waals surface area contributed by atoms with Crippen molar-refractivity contribution in [2.24, 2.45) is 7.05 Å². The van der Waals surface area contributed by atoms with E-state index in [1.54, 1.807) is 19.3 Å². The van der Waals surface area contributed by atoms with Crippen molar-refractivity contribution in [1.29, 1.82) is 0 Å². The number of anilines is 1. The van der Waals surface area contributed by atoms with Crippen molar-refractivity contribution in [3.8, 4) is 11.1 Å². The molecule has 3 nitrogen and oxygen atoms in total. The molecular formula is C17H20F3N3. The minimum absolute atomic E-state index is 0.180. The number of aryl methyl sites for hydroxylation is 2. The van der Waals surface area contributed by atoms with Gasteiger partial charge in [-0.2, -0.15) is 18.3 Å². The first kappa shape index (κ1) is 15.9. The van der Waals surface area contributed by atoms with Crippen molar-refractivity contribution in [2.45, 2.75) is 38.9 Å². The van der Waals surface area contributed by atoms with Crippen LogP contribution in [0.25, 0.3) is 11.1 Å². The van der Waals surface area contributed by atoms with Gasteiger partial charge in [0.2, 0.25) is 0 Å². The Morgan fingerprint density at radius 2 is 1.96 bits per heavy atom. The van der Waals surface area contributed by atoms with Crippen molar-refractivity contribution in [3.63, 3.8) is 0 Å². The van der Waals surface area contributed by atoms with Gasteiger partial charge >= 0.3 is 6.18 Å². The zero-order valence-electron chi connectivity index (χ0n) is 13.5. The summed E-state index contributed by atoms with van der Waals surface area (Å²) in [4.78, 5) is 2.06. The third-order valence-electron chi connectivity index (χ3n) is 4.32. The molecule has 0 bridgehead atoms. The van der Waals surface area contributed by atoms with Crippen molar-refractivity contribution in [3.05, 3.63) is 35.7 Å². The van der Waals surface area contributed by atoms with E-state index in [4.69, 9.17) is 0 Å². The van der Waals surface area contributed by atoms with Crippen LogP contribution in [0.3, 0.4) is 0 Å². The van der Waals surface area contributed by atoms with E-state index >= 15 is 0 Å². The number of aromatic nitrogens is 2. The molecule has 2 heterocycles. The summed E-state index contributed by atoms with van der Waals surface area (Å²) in [5.74, 6) is 0. The Balaban J connectivity index is 2.21. The zero-order valence-corrected chi connectivity index (χ0v) is 13.5.